The molecule has 0 rings (SSSR count). The van der Waals surface area contributed by atoms with Crippen molar-refractivity contribution in [3.8, 4) is 0 Å². The molecule has 1 atom stereocenters. The predicted molar refractivity (Wildman–Crippen MR) is 86.6 cm³/mol. The van der Waals surface area contributed by atoms with E-state index in [9.17, 15) is 14.4 Å². The lowest BCUT2D eigenvalue weighted by Gasteiger charge is -2.11. The number of aldehydes is 2. The van der Waals surface area contributed by atoms with Gasteiger partial charge in [-0.1, -0.05) is 25.8 Å². The quantitative estimate of drug-likeness (QED) is 0.218. The molecule has 0 heterocycles. The van der Waals surface area contributed by atoms with E-state index in [0.29, 0.717) is 25.1 Å². The van der Waals surface area contributed by atoms with Crippen LogP contribution < -0.4 is 5.32 Å². The van der Waals surface area contributed by atoms with Crippen molar-refractivity contribution in [1.29, 1.82) is 0 Å². The van der Waals surface area contributed by atoms with Crippen LogP contribution in [0.2, 0.25) is 0 Å². The number of esters is 1. The Labute approximate surface area is 133 Å². The van der Waals surface area contributed by atoms with Crippen LogP contribution in [-0.2, 0) is 19.1 Å². The average Bonchev–Trinajstić information content (AvgIpc) is 2.51. The first-order chi connectivity index (χ1) is 10.6. The monoisotopic (exact) mass is 311 g/mol. The lowest BCUT2D eigenvalue weighted by Crippen LogP contribution is -2.24. The van der Waals surface area contributed by atoms with E-state index in [1.165, 1.54) is 0 Å². The highest BCUT2D eigenvalue weighted by molar-refractivity contribution is 5.86. The van der Waals surface area contributed by atoms with Gasteiger partial charge >= 0.3 is 5.97 Å². The molecule has 5 nitrogen and oxygen atoms in total. The zero-order valence-electron chi connectivity index (χ0n) is 13.6. The van der Waals surface area contributed by atoms with Gasteiger partial charge in [0.1, 0.15) is 19.2 Å². The molecule has 0 amide bonds. The molecule has 0 saturated heterocycles. The second-order valence-corrected chi connectivity index (χ2v) is 5.51. The van der Waals surface area contributed by atoms with Crippen LogP contribution in [0.1, 0.15) is 51.9 Å². The Hall–Kier alpha value is -1.49. The van der Waals surface area contributed by atoms with Crippen molar-refractivity contribution in [2.45, 2.75) is 51.9 Å². The predicted octanol–water partition coefficient (Wildman–Crippen LogP) is 2.44. The summed E-state index contributed by atoms with van der Waals surface area (Å²) in [6, 6.07) is 0. The van der Waals surface area contributed by atoms with Crippen molar-refractivity contribution in [3.05, 3.63) is 12.2 Å². The Bertz CT molecular complexity index is 342. The average molecular weight is 311 g/mol. The molecule has 0 spiro atoms. The van der Waals surface area contributed by atoms with Gasteiger partial charge in [0.05, 0.1) is 0 Å². The van der Waals surface area contributed by atoms with E-state index in [-0.39, 0.29) is 11.9 Å². The molecule has 0 radical (unpaired) electrons. The summed E-state index contributed by atoms with van der Waals surface area (Å²) < 4.78 is 4.95. The first kappa shape index (κ1) is 20.5. The smallest absolute Gasteiger partial charge is 0.333 e. The van der Waals surface area contributed by atoms with E-state index >= 15 is 0 Å². The van der Waals surface area contributed by atoms with E-state index in [4.69, 9.17) is 4.74 Å². The number of unbranched alkanes of at least 4 members (excludes halogenated alkanes) is 4. The molecule has 1 unspecified atom stereocenters. The van der Waals surface area contributed by atoms with Gasteiger partial charge in [0.2, 0.25) is 0 Å². The molecule has 0 aromatic carbocycles. The molecule has 0 aromatic heterocycles. The third-order valence-corrected chi connectivity index (χ3v) is 3.39. The van der Waals surface area contributed by atoms with Gasteiger partial charge in [0.25, 0.3) is 0 Å². The van der Waals surface area contributed by atoms with Gasteiger partial charge in [-0.3, -0.25) is 0 Å². The van der Waals surface area contributed by atoms with Gasteiger partial charge in [0.15, 0.2) is 0 Å². The molecule has 1 N–H and O–H groups in total. The minimum atomic E-state index is -0.373. The van der Waals surface area contributed by atoms with Gasteiger partial charge in [-0.25, -0.2) is 4.79 Å². The van der Waals surface area contributed by atoms with Crippen molar-refractivity contribution < 1.29 is 19.1 Å². The van der Waals surface area contributed by atoms with Crippen molar-refractivity contribution >= 4 is 18.5 Å². The van der Waals surface area contributed by atoms with Gasteiger partial charge in [-0.15, -0.1) is 0 Å². The number of ether oxygens (including phenoxy) is 1. The minimum Gasteiger partial charge on any atom is -0.461 e. The summed E-state index contributed by atoms with van der Waals surface area (Å²) in [6.07, 6.45) is 8.40. The number of carbonyl (C=O) groups excluding carboxylic acids is 3. The number of carbonyl (C=O) groups is 3. The summed E-state index contributed by atoms with van der Waals surface area (Å²) in [5, 5.41) is 3.16. The number of nitrogens with one attached hydrogen (secondary N) is 1. The summed E-state index contributed by atoms with van der Waals surface area (Å²) in [6.45, 7) is 6.75. The van der Waals surface area contributed by atoms with Crippen LogP contribution in [0.5, 0.6) is 0 Å². The summed E-state index contributed by atoms with van der Waals surface area (Å²) in [5.41, 5.74) is 0.397. The van der Waals surface area contributed by atoms with Crippen LogP contribution in [0.3, 0.4) is 0 Å². The van der Waals surface area contributed by atoms with Crippen LogP contribution >= 0.6 is 0 Å². The first-order valence-electron chi connectivity index (χ1n) is 8.04. The van der Waals surface area contributed by atoms with Crippen molar-refractivity contribution in [2.24, 2.45) is 5.92 Å². The highest BCUT2D eigenvalue weighted by Crippen LogP contribution is 2.12. The van der Waals surface area contributed by atoms with Crippen LogP contribution in [0.15, 0.2) is 12.2 Å². The fraction of sp³-hybridized carbons (Fsp3) is 0.706. The third-order valence-electron chi connectivity index (χ3n) is 3.39. The second kappa shape index (κ2) is 14.4. The Morgan fingerprint density at radius 1 is 1.14 bits per heavy atom. The van der Waals surface area contributed by atoms with Gasteiger partial charge in [-0.05, 0) is 32.7 Å². The number of hydrogen-bond donors (Lipinski definition) is 1. The Balaban J connectivity index is 3.49. The van der Waals surface area contributed by atoms with Crippen LogP contribution in [0.4, 0.5) is 0 Å². The molecule has 0 fully saturated rings. The number of hydrogen-bond acceptors (Lipinski definition) is 5. The standard InChI is InChI=1S/C17H29NO4/c1-15(2)17(21)22-13-11-18-10-9-16(14-20)8-6-4-3-5-7-12-19/h12,14,16,18H,1,3-11,13H2,2H3. The second-order valence-electron chi connectivity index (χ2n) is 5.51. The normalized spacial score (nSPS) is 11.7. The lowest BCUT2D eigenvalue weighted by molar-refractivity contribution is -0.138. The number of rotatable bonds is 15. The van der Waals surface area contributed by atoms with Crippen LogP contribution in [-0.4, -0.2) is 38.2 Å². The van der Waals surface area contributed by atoms with Gasteiger partial charge in [0, 0.05) is 24.5 Å². The summed E-state index contributed by atoms with van der Waals surface area (Å²) in [5.74, 6) is -0.293. The fourth-order valence-electron chi connectivity index (χ4n) is 2.02. The topological polar surface area (TPSA) is 72.5 Å². The van der Waals surface area contributed by atoms with Gasteiger partial charge < -0.3 is 19.6 Å². The van der Waals surface area contributed by atoms with E-state index in [1.54, 1.807) is 6.92 Å². The maximum Gasteiger partial charge on any atom is 0.333 e. The van der Waals surface area contributed by atoms with Crippen LogP contribution in [0, 0.1) is 5.92 Å². The Morgan fingerprint density at radius 2 is 1.86 bits per heavy atom. The Morgan fingerprint density at radius 3 is 2.50 bits per heavy atom. The summed E-state index contributed by atoms with van der Waals surface area (Å²) >= 11 is 0. The van der Waals surface area contributed by atoms with Gasteiger partial charge in [-0.2, -0.15) is 0 Å². The zero-order valence-corrected chi connectivity index (χ0v) is 13.6. The molecule has 0 aromatic rings. The first-order valence-corrected chi connectivity index (χ1v) is 8.04. The molecule has 0 aliphatic carbocycles. The molecule has 126 valence electrons. The summed E-state index contributed by atoms with van der Waals surface area (Å²) in [7, 11) is 0. The van der Waals surface area contributed by atoms with Crippen molar-refractivity contribution in [2.75, 3.05) is 19.7 Å². The van der Waals surface area contributed by atoms with Crippen LogP contribution in [0.25, 0.3) is 0 Å². The third kappa shape index (κ3) is 12.3. The Kier molecular flexibility index (Phi) is 13.5. The SMILES string of the molecule is C=C(C)C(=O)OCCNCCC(C=O)CCCCCCC=O. The largest absolute Gasteiger partial charge is 0.461 e. The highest BCUT2D eigenvalue weighted by Gasteiger charge is 2.07. The van der Waals surface area contributed by atoms with E-state index < -0.39 is 0 Å². The molecule has 0 bridgehead atoms. The summed E-state index contributed by atoms with van der Waals surface area (Å²) in [4.78, 5) is 32.3. The van der Waals surface area contributed by atoms with E-state index in [2.05, 4.69) is 11.9 Å². The maximum absolute atomic E-state index is 11.1. The molecule has 0 aliphatic rings. The maximum atomic E-state index is 11.1. The highest BCUT2D eigenvalue weighted by atomic mass is 16.5. The molecular weight excluding hydrogens is 282 g/mol. The van der Waals surface area contributed by atoms with E-state index in [0.717, 1.165) is 57.6 Å². The van der Waals surface area contributed by atoms with Crippen molar-refractivity contribution in [3.63, 3.8) is 0 Å². The molecule has 0 saturated carbocycles. The lowest BCUT2D eigenvalue weighted by atomic mass is 9.98. The zero-order chi connectivity index (χ0) is 16.6. The molecule has 0 aliphatic heterocycles. The fourth-order valence-corrected chi connectivity index (χ4v) is 2.02. The molecule has 5 heteroatoms. The minimum absolute atomic E-state index is 0.0801. The van der Waals surface area contributed by atoms with Crippen molar-refractivity contribution in [1.82, 2.24) is 5.32 Å². The molecule has 22 heavy (non-hydrogen) atoms. The molecular formula is C17H29NO4. The van der Waals surface area contributed by atoms with E-state index in [1.807, 2.05) is 0 Å².